The molecule has 1 aromatic heterocycles. The van der Waals surface area contributed by atoms with E-state index in [9.17, 15) is 26.8 Å². The Morgan fingerprint density at radius 2 is 1.81 bits per heavy atom. The summed E-state index contributed by atoms with van der Waals surface area (Å²) >= 11 is 0. The first-order chi connectivity index (χ1) is 12.7. The number of benzene rings is 1. The van der Waals surface area contributed by atoms with Gasteiger partial charge in [-0.05, 0) is 37.1 Å². The largest absolute Gasteiger partial charge is 0.450 e. The first-order valence-corrected chi connectivity index (χ1v) is 9.26. The number of hydrogen-bond acceptors (Lipinski definition) is 6. The maximum Gasteiger partial charge on any atom is 0.374 e. The molecule has 1 aliphatic carbocycles. The summed E-state index contributed by atoms with van der Waals surface area (Å²) in [7, 11) is -3.86. The van der Waals surface area contributed by atoms with Gasteiger partial charge >= 0.3 is 5.97 Å². The van der Waals surface area contributed by atoms with Crippen molar-refractivity contribution in [3.8, 4) is 0 Å². The van der Waals surface area contributed by atoms with Crippen LogP contribution in [0, 0.1) is 11.6 Å². The van der Waals surface area contributed by atoms with Crippen molar-refractivity contribution in [3.63, 3.8) is 0 Å². The molecule has 0 aliphatic heterocycles. The number of carbonyl (C=O) groups excluding carboxylic acids is 2. The van der Waals surface area contributed by atoms with E-state index in [1.807, 2.05) is 0 Å². The number of furan rings is 1. The normalized spacial score (nSPS) is 14.0. The van der Waals surface area contributed by atoms with Crippen LogP contribution in [0.4, 0.5) is 14.5 Å². The van der Waals surface area contributed by atoms with Crippen LogP contribution < -0.4 is 10.0 Å². The van der Waals surface area contributed by atoms with E-state index < -0.39 is 51.0 Å². The minimum absolute atomic E-state index is 0.133. The van der Waals surface area contributed by atoms with Crippen LogP contribution in [0.3, 0.4) is 0 Å². The predicted octanol–water partition coefficient (Wildman–Crippen LogP) is 1.79. The first-order valence-electron chi connectivity index (χ1n) is 7.78. The fraction of sp³-hybridized carbons (Fsp3) is 0.250. The molecule has 1 aromatic carbocycles. The summed E-state index contributed by atoms with van der Waals surface area (Å²) in [5, 5.41) is 1.71. The third-order valence-electron chi connectivity index (χ3n) is 3.43. The second-order valence-corrected chi connectivity index (χ2v) is 7.44. The van der Waals surface area contributed by atoms with E-state index in [-0.39, 0.29) is 11.7 Å². The van der Waals surface area contributed by atoms with Gasteiger partial charge in [-0.15, -0.1) is 0 Å². The van der Waals surface area contributed by atoms with Crippen molar-refractivity contribution in [1.29, 1.82) is 0 Å². The number of rotatable bonds is 7. The number of amides is 1. The van der Waals surface area contributed by atoms with Gasteiger partial charge in [0.2, 0.25) is 10.9 Å². The third-order valence-corrected chi connectivity index (χ3v) is 4.82. The van der Waals surface area contributed by atoms with Crippen LogP contribution in [0.25, 0.3) is 0 Å². The SMILES string of the molecule is O=C(COC(=O)c1ccc(S(=O)(=O)NC2CC2)o1)Nc1cc(F)cc(F)c1. The van der Waals surface area contributed by atoms with Gasteiger partial charge in [0.15, 0.2) is 6.61 Å². The molecule has 1 heterocycles. The smallest absolute Gasteiger partial charge is 0.374 e. The topological polar surface area (TPSA) is 115 Å². The molecule has 0 saturated heterocycles. The molecule has 0 bridgehead atoms. The monoisotopic (exact) mass is 400 g/mol. The molecular weight excluding hydrogens is 386 g/mol. The number of carbonyl (C=O) groups is 2. The van der Waals surface area contributed by atoms with E-state index in [0.717, 1.165) is 37.1 Å². The average molecular weight is 400 g/mol. The molecule has 1 amide bonds. The van der Waals surface area contributed by atoms with Crippen LogP contribution in [0.5, 0.6) is 0 Å². The minimum Gasteiger partial charge on any atom is -0.450 e. The molecule has 1 saturated carbocycles. The molecule has 8 nitrogen and oxygen atoms in total. The Morgan fingerprint density at radius 1 is 1.15 bits per heavy atom. The van der Waals surface area contributed by atoms with Gasteiger partial charge in [0.25, 0.3) is 15.9 Å². The van der Waals surface area contributed by atoms with Crippen molar-refractivity contribution in [1.82, 2.24) is 4.72 Å². The van der Waals surface area contributed by atoms with Gasteiger partial charge in [0, 0.05) is 17.8 Å². The fourth-order valence-electron chi connectivity index (χ4n) is 2.08. The van der Waals surface area contributed by atoms with Gasteiger partial charge in [-0.2, -0.15) is 0 Å². The van der Waals surface area contributed by atoms with Crippen LogP contribution >= 0.6 is 0 Å². The highest BCUT2D eigenvalue weighted by atomic mass is 32.2. The number of sulfonamides is 1. The zero-order chi connectivity index (χ0) is 19.6. The highest BCUT2D eigenvalue weighted by Gasteiger charge is 2.30. The van der Waals surface area contributed by atoms with Crippen molar-refractivity contribution in [2.45, 2.75) is 24.0 Å². The average Bonchev–Trinajstić information content (AvgIpc) is 3.21. The Morgan fingerprint density at radius 3 is 2.44 bits per heavy atom. The van der Waals surface area contributed by atoms with Crippen molar-refractivity contribution in [2.24, 2.45) is 0 Å². The van der Waals surface area contributed by atoms with Gasteiger partial charge in [-0.1, -0.05) is 0 Å². The number of hydrogen-bond donors (Lipinski definition) is 2. The molecule has 1 fully saturated rings. The number of anilines is 1. The lowest BCUT2D eigenvalue weighted by atomic mass is 10.3. The van der Waals surface area contributed by atoms with E-state index in [0.29, 0.717) is 6.07 Å². The Bertz CT molecular complexity index is 964. The van der Waals surface area contributed by atoms with Crippen molar-refractivity contribution in [3.05, 3.63) is 47.7 Å². The molecule has 2 aromatic rings. The van der Waals surface area contributed by atoms with Gasteiger partial charge < -0.3 is 14.5 Å². The summed E-state index contributed by atoms with van der Waals surface area (Å²) in [5.74, 6) is -4.08. The summed E-state index contributed by atoms with van der Waals surface area (Å²) in [6, 6.07) is 4.47. The molecular formula is C16H14F2N2O6S. The van der Waals surface area contributed by atoms with Gasteiger partial charge in [0.05, 0.1) is 0 Å². The van der Waals surface area contributed by atoms with Gasteiger partial charge in [-0.3, -0.25) is 4.79 Å². The van der Waals surface area contributed by atoms with E-state index in [2.05, 4.69) is 10.0 Å². The maximum atomic E-state index is 13.1. The van der Waals surface area contributed by atoms with Gasteiger partial charge in [-0.25, -0.2) is 26.7 Å². The molecule has 11 heteroatoms. The maximum absolute atomic E-state index is 13.1. The summed E-state index contributed by atoms with van der Waals surface area (Å²) < 4.78 is 62.1. The minimum atomic E-state index is -3.86. The van der Waals surface area contributed by atoms with Crippen LogP contribution in [0.2, 0.25) is 0 Å². The third kappa shape index (κ3) is 5.11. The van der Waals surface area contributed by atoms with Crippen molar-refractivity contribution >= 4 is 27.6 Å². The lowest BCUT2D eigenvalue weighted by Crippen LogP contribution is -2.25. The molecule has 2 N–H and O–H groups in total. The number of halogens is 2. The molecule has 3 rings (SSSR count). The quantitative estimate of drug-likeness (QED) is 0.685. The molecule has 0 atom stereocenters. The summed E-state index contributed by atoms with van der Waals surface area (Å²) in [5.41, 5.74) is -0.147. The first kappa shape index (κ1) is 19.0. The summed E-state index contributed by atoms with van der Waals surface area (Å²) in [6.07, 6.45) is 1.47. The van der Waals surface area contributed by atoms with Crippen LogP contribution in [0.15, 0.2) is 39.8 Å². The summed E-state index contributed by atoms with van der Waals surface area (Å²) in [4.78, 5) is 23.5. The molecule has 1 aliphatic rings. The molecule has 0 radical (unpaired) electrons. The predicted molar refractivity (Wildman–Crippen MR) is 87.3 cm³/mol. The van der Waals surface area contributed by atoms with E-state index in [1.165, 1.54) is 0 Å². The second-order valence-electron chi connectivity index (χ2n) is 5.80. The standard InChI is InChI=1S/C16H14F2N2O6S/c17-9-5-10(18)7-12(6-9)19-14(21)8-25-16(22)13-3-4-15(26-13)27(23,24)20-11-1-2-11/h3-7,11,20H,1-2,8H2,(H,19,21). The Hall–Kier alpha value is -2.79. The zero-order valence-electron chi connectivity index (χ0n) is 13.7. The molecule has 27 heavy (non-hydrogen) atoms. The summed E-state index contributed by atoms with van der Waals surface area (Å²) in [6.45, 7) is -0.764. The lowest BCUT2D eigenvalue weighted by Gasteiger charge is -2.06. The van der Waals surface area contributed by atoms with Gasteiger partial charge in [0.1, 0.15) is 11.6 Å². The molecule has 0 unspecified atom stereocenters. The number of nitrogens with one attached hydrogen (secondary N) is 2. The Kier molecular flexibility index (Phi) is 5.24. The second kappa shape index (κ2) is 7.45. The highest BCUT2D eigenvalue weighted by molar-refractivity contribution is 7.89. The van der Waals surface area contributed by atoms with Crippen LogP contribution in [-0.2, 0) is 19.6 Å². The zero-order valence-corrected chi connectivity index (χ0v) is 14.5. The highest BCUT2D eigenvalue weighted by Crippen LogP contribution is 2.23. The van der Waals surface area contributed by atoms with E-state index in [1.54, 1.807) is 0 Å². The molecule has 144 valence electrons. The number of esters is 1. The fourth-order valence-corrected chi connectivity index (χ4v) is 3.32. The van der Waals surface area contributed by atoms with E-state index in [4.69, 9.17) is 9.15 Å². The van der Waals surface area contributed by atoms with Crippen LogP contribution in [-0.4, -0.2) is 32.9 Å². The number of ether oxygens (including phenoxy) is 1. The Labute approximate surface area is 152 Å². The Balaban J connectivity index is 1.55. The van der Waals surface area contributed by atoms with E-state index >= 15 is 0 Å². The van der Waals surface area contributed by atoms with Crippen LogP contribution in [0.1, 0.15) is 23.4 Å². The van der Waals surface area contributed by atoms with Crippen molar-refractivity contribution in [2.75, 3.05) is 11.9 Å². The molecule has 0 spiro atoms. The van der Waals surface area contributed by atoms with Crippen molar-refractivity contribution < 1.29 is 35.9 Å². The lowest BCUT2D eigenvalue weighted by molar-refractivity contribution is -0.119.